The molecular weight excluding hydrogens is 304 g/mol. The van der Waals surface area contributed by atoms with E-state index in [2.05, 4.69) is 15.6 Å². The van der Waals surface area contributed by atoms with Crippen molar-refractivity contribution >= 4 is 29.0 Å². The third kappa shape index (κ3) is 3.98. The van der Waals surface area contributed by atoms with E-state index in [4.69, 9.17) is 16.9 Å². The van der Waals surface area contributed by atoms with E-state index in [0.29, 0.717) is 10.8 Å². The number of para-hydroxylation sites is 2. The van der Waals surface area contributed by atoms with Crippen LogP contribution in [0.5, 0.6) is 5.75 Å². The number of benzene rings is 1. The lowest BCUT2D eigenvalue weighted by atomic mass is 10.2. The molecule has 6 nitrogen and oxygen atoms in total. The first-order valence-electron chi connectivity index (χ1n) is 6.18. The standard InChI is InChI=1S/C15H11ClN4O2/c16-11-5-6-18-14(7-11)19-9-10(8-17)15(22)20-12-3-1-2-4-13(12)21/h1-7,9,21H,(H,18,19)(H,20,22)/b10-9-. The number of rotatable bonds is 4. The number of hydrogen-bond acceptors (Lipinski definition) is 5. The summed E-state index contributed by atoms with van der Waals surface area (Å²) in [7, 11) is 0. The molecule has 1 heterocycles. The number of carbonyl (C=O) groups excluding carboxylic acids is 1. The molecule has 0 atom stereocenters. The summed E-state index contributed by atoms with van der Waals surface area (Å²) in [6.07, 6.45) is 2.71. The van der Waals surface area contributed by atoms with Crippen molar-refractivity contribution in [3.63, 3.8) is 0 Å². The van der Waals surface area contributed by atoms with Crippen molar-refractivity contribution in [1.29, 1.82) is 5.26 Å². The lowest BCUT2D eigenvalue weighted by molar-refractivity contribution is -0.112. The molecule has 0 aliphatic rings. The van der Waals surface area contributed by atoms with E-state index in [9.17, 15) is 9.90 Å². The second-order valence-corrected chi connectivity index (χ2v) is 4.58. The highest BCUT2D eigenvalue weighted by molar-refractivity contribution is 6.30. The fourth-order valence-corrected chi connectivity index (χ4v) is 1.71. The first kappa shape index (κ1) is 15.4. The van der Waals surface area contributed by atoms with Gasteiger partial charge in [0.05, 0.1) is 5.69 Å². The monoisotopic (exact) mass is 314 g/mol. The minimum Gasteiger partial charge on any atom is -0.506 e. The molecule has 7 heteroatoms. The molecule has 2 aromatic rings. The summed E-state index contributed by atoms with van der Waals surface area (Å²) in [5.74, 6) is -0.341. The van der Waals surface area contributed by atoms with Gasteiger partial charge in [0, 0.05) is 17.4 Å². The number of nitriles is 1. The molecule has 2 rings (SSSR count). The Morgan fingerprint density at radius 2 is 2.14 bits per heavy atom. The van der Waals surface area contributed by atoms with Gasteiger partial charge in [-0.2, -0.15) is 5.26 Å². The smallest absolute Gasteiger partial charge is 0.267 e. The molecule has 0 aliphatic carbocycles. The van der Waals surface area contributed by atoms with E-state index in [1.807, 2.05) is 0 Å². The zero-order chi connectivity index (χ0) is 15.9. The molecule has 0 radical (unpaired) electrons. The molecule has 22 heavy (non-hydrogen) atoms. The Hall–Kier alpha value is -3.04. The van der Waals surface area contributed by atoms with Crippen molar-refractivity contribution in [1.82, 2.24) is 4.98 Å². The predicted octanol–water partition coefficient (Wildman–Crippen LogP) is 2.90. The van der Waals surface area contributed by atoms with Crippen molar-refractivity contribution in [2.24, 2.45) is 0 Å². The number of nitrogens with one attached hydrogen (secondary N) is 2. The summed E-state index contributed by atoms with van der Waals surface area (Å²) in [4.78, 5) is 16.0. The SMILES string of the molecule is N#C/C(=C/Nc1cc(Cl)ccn1)C(=O)Nc1ccccc1O. The molecule has 0 bridgehead atoms. The first-order valence-corrected chi connectivity index (χ1v) is 6.55. The second kappa shape index (κ2) is 7.11. The summed E-state index contributed by atoms with van der Waals surface area (Å²) in [6, 6.07) is 11.2. The van der Waals surface area contributed by atoms with Crippen molar-refractivity contribution in [2.45, 2.75) is 0 Å². The van der Waals surface area contributed by atoms with E-state index < -0.39 is 5.91 Å². The van der Waals surface area contributed by atoms with Crippen LogP contribution in [0.2, 0.25) is 5.02 Å². The Labute approximate surface area is 131 Å². The van der Waals surface area contributed by atoms with Crippen molar-refractivity contribution < 1.29 is 9.90 Å². The fourth-order valence-electron chi connectivity index (χ4n) is 1.55. The molecule has 0 unspecified atom stereocenters. The molecule has 0 saturated heterocycles. The molecule has 1 aromatic heterocycles. The van der Waals surface area contributed by atoms with Gasteiger partial charge < -0.3 is 15.7 Å². The highest BCUT2D eigenvalue weighted by atomic mass is 35.5. The van der Waals surface area contributed by atoms with Gasteiger partial charge in [0.15, 0.2) is 0 Å². The van der Waals surface area contributed by atoms with E-state index in [0.717, 1.165) is 0 Å². The van der Waals surface area contributed by atoms with Crippen LogP contribution in [0.25, 0.3) is 0 Å². The lowest BCUT2D eigenvalue weighted by Crippen LogP contribution is -2.14. The zero-order valence-corrected chi connectivity index (χ0v) is 12.0. The Morgan fingerprint density at radius 1 is 1.36 bits per heavy atom. The molecule has 0 fully saturated rings. The quantitative estimate of drug-likeness (QED) is 0.458. The number of hydrogen-bond donors (Lipinski definition) is 3. The Morgan fingerprint density at radius 3 is 2.82 bits per heavy atom. The number of phenols is 1. The van der Waals surface area contributed by atoms with E-state index in [1.165, 1.54) is 24.5 Å². The van der Waals surface area contributed by atoms with Gasteiger partial charge in [-0.05, 0) is 24.3 Å². The van der Waals surface area contributed by atoms with Crippen LogP contribution >= 0.6 is 11.6 Å². The van der Waals surface area contributed by atoms with Gasteiger partial charge in [-0.3, -0.25) is 4.79 Å². The van der Waals surface area contributed by atoms with E-state index in [1.54, 1.807) is 30.3 Å². The van der Waals surface area contributed by atoms with Crippen LogP contribution in [0.15, 0.2) is 54.4 Å². The predicted molar refractivity (Wildman–Crippen MR) is 83.3 cm³/mol. The van der Waals surface area contributed by atoms with Gasteiger partial charge in [0.25, 0.3) is 5.91 Å². The average Bonchev–Trinajstić information content (AvgIpc) is 2.50. The molecule has 1 amide bonds. The van der Waals surface area contributed by atoms with E-state index in [-0.39, 0.29) is 17.0 Å². The summed E-state index contributed by atoms with van der Waals surface area (Å²) < 4.78 is 0. The van der Waals surface area contributed by atoms with Gasteiger partial charge in [-0.25, -0.2) is 4.98 Å². The number of nitrogens with zero attached hydrogens (tertiary/aromatic N) is 2. The van der Waals surface area contributed by atoms with Crippen LogP contribution in [0.3, 0.4) is 0 Å². The van der Waals surface area contributed by atoms with Crippen LogP contribution < -0.4 is 10.6 Å². The number of aromatic nitrogens is 1. The molecule has 110 valence electrons. The summed E-state index contributed by atoms with van der Waals surface area (Å²) in [5.41, 5.74) is 0.0413. The van der Waals surface area contributed by atoms with Crippen molar-refractivity contribution in [3.8, 4) is 11.8 Å². The average molecular weight is 315 g/mol. The fraction of sp³-hybridized carbons (Fsp3) is 0. The highest BCUT2D eigenvalue weighted by Gasteiger charge is 2.11. The maximum absolute atomic E-state index is 12.0. The molecule has 0 spiro atoms. The minimum atomic E-state index is -0.654. The largest absolute Gasteiger partial charge is 0.506 e. The minimum absolute atomic E-state index is 0.0855. The summed E-state index contributed by atoms with van der Waals surface area (Å²) in [6.45, 7) is 0. The van der Waals surface area contributed by atoms with Gasteiger partial charge in [0.1, 0.15) is 23.2 Å². The topological polar surface area (TPSA) is 98.0 Å². The van der Waals surface area contributed by atoms with Crippen LogP contribution in [0.1, 0.15) is 0 Å². The van der Waals surface area contributed by atoms with Crippen LogP contribution in [-0.2, 0) is 4.79 Å². The van der Waals surface area contributed by atoms with Crippen LogP contribution in [0.4, 0.5) is 11.5 Å². The number of halogens is 1. The molecular formula is C15H11ClN4O2. The number of phenolic OH excluding ortho intramolecular Hbond substituents is 1. The van der Waals surface area contributed by atoms with Crippen molar-refractivity contribution in [3.05, 3.63) is 59.4 Å². The van der Waals surface area contributed by atoms with Crippen LogP contribution in [0, 0.1) is 11.3 Å². The Bertz CT molecular complexity index is 768. The molecule has 3 N–H and O–H groups in total. The van der Waals surface area contributed by atoms with Gasteiger partial charge in [-0.15, -0.1) is 0 Å². The third-order valence-corrected chi connectivity index (χ3v) is 2.84. The number of carbonyl (C=O) groups is 1. The lowest BCUT2D eigenvalue weighted by Gasteiger charge is -2.06. The number of anilines is 2. The summed E-state index contributed by atoms with van der Waals surface area (Å²) >= 11 is 5.81. The van der Waals surface area contributed by atoms with Gasteiger partial charge in [-0.1, -0.05) is 23.7 Å². The van der Waals surface area contributed by atoms with E-state index >= 15 is 0 Å². The number of pyridine rings is 1. The molecule has 1 aromatic carbocycles. The third-order valence-electron chi connectivity index (χ3n) is 2.60. The van der Waals surface area contributed by atoms with Gasteiger partial charge in [0.2, 0.25) is 0 Å². The van der Waals surface area contributed by atoms with Crippen LogP contribution in [-0.4, -0.2) is 16.0 Å². The molecule has 0 saturated carbocycles. The normalized spacial score (nSPS) is 10.6. The number of amides is 1. The second-order valence-electron chi connectivity index (χ2n) is 4.14. The highest BCUT2D eigenvalue weighted by Crippen LogP contribution is 2.22. The summed E-state index contributed by atoms with van der Waals surface area (Å²) in [5, 5.41) is 24.3. The van der Waals surface area contributed by atoms with Gasteiger partial charge >= 0.3 is 0 Å². The maximum atomic E-state index is 12.0. The zero-order valence-electron chi connectivity index (χ0n) is 11.2. The number of aromatic hydroxyl groups is 1. The van der Waals surface area contributed by atoms with Crippen molar-refractivity contribution in [2.75, 3.05) is 10.6 Å². The Kier molecular flexibility index (Phi) is 4.96. The maximum Gasteiger partial charge on any atom is 0.267 e. The Balaban J connectivity index is 2.11. The molecule has 0 aliphatic heterocycles. The first-order chi connectivity index (χ1) is 10.6.